The largest absolute Gasteiger partial charge is 0.490 e. The van der Waals surface area contributed by atoms with E-state index in [1.807, 2.05) is 37.5 Å². The first-order chi connectivity index (χ1) is 17.0. The number of halogens is 1. The highest BCUT2D eigenvalue weighted by molar-refractivity contribution is 6.31. The number of rotatable bonds is 11. The first-order valence-electron chi connectivity index (χ1n) is 12.6. The average Bonchev–Trinajstić information content (AvgIpc) is 3.82. The Balaban J connectivity index is 1.40. The predicted octanol–water partition coefficient (Wildman–Crippen LogP) is 5.54. The molecular formula is C29H34ClN3O2. The first-order valence-corrected chi connectivity index (χ1v) is 13.0. The summed E-state index contributed by atoms with van der Waals surface area (Å²) in [6.07, 6.45) is 9.32. The summed E-state index contributed by atoms with van der Waals surface area (Å²) in [5.41, 5.74) is 11.6. The minimum absolute atomic E-state index is 0.0226. The van der Waals surface area contributed by atoms with Crippen LogP contribution in [0.4, 0.5) is 0 Å². The Labute approximate surface area is 212 Å². The Morgan fingerprint density at radius 3 is 2.69 bits per heavy atom. The number of ether oxygens (including phenoxy) is 1. The number of benzene rings is 2. The summed E-state index contributed by atoms with van der Waals surface area (Å²) >= 11 is 6.59. The molecule has 3 aromatic rings. The van der Waals surface area contributed by atoms with Crippen molar-refractivity contribution >= 4 is 11.6 Å². The molecule has 0 spiro atoms. The first kappa shape index (κ1) is 24.3. The van der Waals surface area contributed by atoms with Crippen molar-refractivity contribution in [2.75, 3.05) is 6.61 Å². The van der Waals surface area contributed by atoms with Gasteiger partial charge in [-0.1, -0.05) is 48.9 Å². The maximum atomic E-state index is 9.93. The van der Waals surface area contributed by atoms with E-state index in [2.05, 4.69) is 40.6 Å². The van der Waals surface area contributed by atoms with Gasteiger partial charge in [-0.15, -0.1) is 0 Å². The van der Waals surface area contributed by atoms with E-state index in [-0.39, 0.29) is 24.1 Å². The lowest BCUT2D eigenvalue weighted by Crippen LogP contribution is -2.31. The molecule has 5 nitrogen and oxygen atoms in total. The fraction of sp³-hybridized carbons (Fsp3) is 0.414. The van der Waals surface area contributed by atoms with E-state index >= 15 is 0 Å². The second-order valence-corrected chi connectivity index (χ2v) is 10.3. The summed E-state index contributed by atoms with van der Waals surface area (Å²) in [7, 11) is 0. The minimum atomic E-state index is -0.147. The summed E-state index contributed by atoms with van der Waals surface area (Å²) in [6.45, 7) is 2.69. The molecule has 4 N–H and O–H groups in total. The van der Waals surface area contributed by atoms with E-state index in [0.717, 1.165) is 60.1 Å². The molecule has 0 radical (unpaired) electrons. The Morgan fingerprint density at radius 2 is 1.97 bits per heavy atom. The summed E-state index contributed by atoms with van der Waals surface area (Å²) < 4.78 is 6.23. The molecule has 0 aliphatic heterocycles. The summed E-state index contributed by atoms with van der Waals surface area (Å²) in [4.78, 5) is 4.48. The highest BCUT2D eigenvalue weighted by Gasteiger charge is 2.46. The van der Waals surface area contributed by atoms with Crippen molar-refractivity contribution in [1.29, 1.82) is 0 Å². The Kier molecular flexibility index (Phi) is 7.12. The number of aromatic nitrogens is 1. The zero-order valence-corrected chi connectivity index (χ0v) is 21.0. The summed E-state index contributed by atoms with van der Waals surface area (Å²) in [5, 5.41) is 14.4. The maximum Gasteiger partial charge on any atom is 0.127 e. The SMILES string of the molecule is CCC(N)C(CO)c1ccc(Cl)c(CNC2(c3cnccc3-c3ccccc3OC3CC3)CC2)c1. The van der Waals surface area contributed by atoms with Gasteiger partial charge in [-0.05, 0) is 72.6 Å². The van der Waals surface area contributed by atoms with Crippen molar-refractivity contribution in [1.82, 2.24) is 10.3 Å². The molecule has 1 heterocycles. The lowest BCUT2D eigenvalue weighted by Gasteiger charge is -2.24. The number of nitrogens with two attached hydrogens (primary N) is 1. The molecule has 6 heteroatoms. The number of hydrogen-bond acceptors (Lipinski definition) is 5. The number of para-hydroxylation sites is 1. The minimum Gasteiger partial charge on any atom is -0.490 e. The fourth-order valence-electron chi connectivity index (χ4n) is 4.83. The molecule has 1 aromatic heterocycles. The molecule has 0 saturated heterocycles. The van der Waals surface area contributed by atoms with E-state index in [1.54, 1.807) is 0 Å². The van der Waals surface area contributed by atoms with Crippen LogP contribution < -0.4 is 15.8 Å². The van der Waals surface area contributed by atoms with Gasteiger partial charge in [0.05, 0.1) is 12.7 Å². The second-order valence-electron chi connectivity index (χ2n) is 9.88. The Morgan fingerprint density at radius 1 is 1.17 bits per heavy atom. The molecule has 2 unspecified atom stereocenters. The molecule has 2 aliphatic rings. The van der Waals surface area contributed by atoms with Crippen LogP contribution in [-0.4, -0.2) is 28.8 Å². The van der Waals surface area contributed by atoms with Gasteiger partial charge >= 0.3 is 0 Å². The smallest absolute Gasteiger partial charge is 0.127 e. The van der Waals surface area contributed by atoms with Crippen LogP contribution in [-0.2, 0) is 12.1 Å². The van der Waals surface area contributed by atoms with Crippen molar-refractivity contribution in [3.05, 3.63) is 82.6 Å². The lowest BCUT2D eigenvalue weighted by atomic mass is 9.90. The quantitative estimate of drug-likeness (QED) is 0.328. The number of aliphatic hydroxyl groups excluding tert-OH is 1. The van der Waals surface area contributed by atoms with Gasteiger partial charge in [0.25, 0.3) is 0 Å². The van der Waals surface area contributed by atoms with E-state index in [0.29, 0.717) is 17.7 Å². The number of pyridine rings is 1. The van der Waals surface area contributed by atoms with Gasteiger partial charge in [-0.3, -0.25) is 4.98 Å². The zero-order chi connectivity index (χ0) is 24.4. The van der Waals surface area contributed by atoms with E-state index in [1.165, 1.54) is 5.56 Å². The highest BCUT2D eigenvalue weighted by Crippen LogP contribution is 2.50. The Bertz CT molecular complexity index is 1180. The third-order valence-electron chi connectivity index (χ3n) is 7.38. The standard InChI is InChI=1S/C29H34ClN3O2/c1-2-27(31)24(18-34)19-7-10-26(30)20(15-19)16-33-29(12-13-29)25-17-32-14-11-22(25)23-5-3-4-6-28(23)35-21-8-9-21/h3-7,10-11,14-15,17,21,24,27,33-34H,2,8-9,12-13,16,18,31H2,1H3. The highest BCUT2D eigenvalue weighted by atomic mass is 35.5. The molecule has 2 saturated carbocycles. The average molecular weight is 492 g/mol. The third kappa shape index (κ3) is 5.24. The fourth-order valence-corrected chi connectivity index (χ4v) is 5.02. The Hall–Kier alpha value is -2.44. The van der Waals surface area contributed by atoms with Crippen LogP contribution >= 0.6 is 11.6 Å². The molecule has 2 atom stereocenters. The van der Waals surface area contributed by atoms with E-state index in [4.69, 9.17) is 22.1 Å². The summed E-state index contributed by atoms with van der Waals surface area (Å²) in [5.74, 6) is 0.843. The van der Waals surface area contributed by atoms with Crippen molar-refractivity contribution in [3.8, 4) is 16.9 Å². The second kappa shape index (κ2) is 10.3. The third-order valence-corrected chi connectivity index (χ3v) is 7.75. The van der Waals surface area contributed by atoms with Crippen molar-refractivity contribution < 1.29 is 9.84 Å². The normalized spacial score (nSPS) is 18.2. The maximum absolute atomic E-state index is 9.93. The van der Waals surface area contributed by atoms with Gasteiger partial charge in [0.2, 0.25) is 0 Å². The topological polar surface area (TPSA) is 80.4 Å². The van der Waals surface area contributed by atoms with Gasteiger partial charge in [0.15, 0.2) is 0 Å². The molecule has 2 aromatic carbocycles. The van der Waals surface area contributed by atoms with Crippen LogP contribution in [0.2, 0.25) is 5.02 Å². The lowest BCUT2D eigenvalue weighted by molar-refractivity contribution is 0.246. The summed E-state index contributed by atoms with van der Waals surface area (Å²) in [6, 6.07) is 16.3. The van der Waals surface area contributed by atoms with Crippen molar-refractivity contribution in [3.63, 3.8) is 0 Å². The molecule has 5 rings (SSSR count). The predicted molar refractivity (Wildman–Crippen MR) is 141 cm³/mol. The molecule has 2 fully saturated rings. The van der Waals surface area contributed by atoms with Crippen LogP contribution in [0.1, 0.15) is 61.6 Å². The van der Waals surface area contributed by atoms with Gasteiger partial charge in [0.1, 0.15) is 5.75 Å². The van der Waals surface area contributed by atoms with Crippen LogP contribution in [0.3, 0.4) is 0 Å². The van der Waals surface area contributed by atoms with Gasteiger partial charge in [0, 0.05) is 47.0 Å². The van der Waals surface area contributed by atoms with E-state index in [9.17, 15) is 5.11 Å². The molecule has 35 heavy (non-hydrogen) atoms. The van der Waals surface area contributed by atoms with Crippen molar-refractivity contribution in [2.24, 2.45) is 5.73 Å². The van der Waals surface area contributed by atoms with Gasteiger partial charge in [-0.2, -0.15) is 0 Å². The van der Waals surface area contributed by atoms with Gasteiger partial charge in [-0.25, -0.2) is 0 Å². The van der Waals surface area contributed by atoms with Crippen LogP contribution in [0.5, 0.6) is 5.75 Å². The molecule has 184 valence electrons. The molecule has 2 aliphatic carbocycles. The van der Waals surface area contributed by atoms with Gasteiger partial charge < -0.3 is 20.9 Å². The number of nitrogens with one attached hydrogen (secondary N) is 1. The number of hydrogen-bond donors (Lipinski definition) is 3. The number of aliphatic hydroxyl groups is 1. The van der Waals surface area contributed by atoms with Crippen LogP contribution in [0.15, 0.2) is 60.9 Å². The molecule has 0 bridgehead atoms. The zero-order valence-electron chi connectivity index (χ0n) is 20.2. The molecular weight excluding hydrogens is 458 g/mol. The van der Waals surface area contributed by atoms with Crippen LogP contribution in [0.25, 0.3) is 11.1 Å². The monoisotopic (exact) mass is 491 g/mol. The number of nitrogens with zero attached hydrogens (tertiary/aromatic N) is 1. The van der Waals surface area contributed by atoms with E-state index < -0.39 is 0 Å². The van der Waals surface area contributed by atoms with Crippen molar-refractivity contribution in [2.45, 2.75) is 69.2 Å². The van der Waals surface area contributed by atoms with Crippen LogP contribution in [0, 0.1) is 0 Å². The molecule has 0 amide bonds.